The Kier molecular flexibility index (Phi) is 8.77. The van der Waals surface area contributed by atoms with Crippen molar-refractivity contribution in [3.8, 4) is 12.3 Å². The molecule has 0 spiro atoms. The lowest BCUT2D eigenvalue weighted by Crippen LogP contribution is -1.90. The third-order valence-electron chi connectivity index (χ3n) is 3.22. The molecule has 0 saturated heterocycles. The van der Waals surface area contributed by atoms with E-state index < -0.39 is 0 Å². The second-order valence-electron chi connectivity index (χ2n) is 4.92. The minimum atomic E-state index is -0.292. The van der Waals surface area contributed by atoms with Gasteiger partial charge in [-0.3, -0.25) is 4.79 Å². The number of ketones is 1. The predicted octanol–water partition coefficient (Wildman–Crippen LogP) is 5.00. The van der Waals surface area contributed by atoms with Gasteiger partial charge in [0.15, 0.2) is 0 Å². The van der Waals surface area contributed by atoms with E-state index in [2.05, 4.69) is 47.6 Å². The molecule has 1 rings (SSSR count). The molecule has 1 aromatic carbocycles. The summed E-state index contributed by atoms with van der Waals surface area (Å²) >= 11 is 2.41. The van der Waals surface area contributed by atoms with E-state index >= 15 is 0 Å². The summed E-state index contributed by atoms with van der Waals surface area (Å²) in [6, 6.07) is 8.13. The van der Waals surface area contributed by atoms with Gasteiger partial charge in [-0.05, 0) is 60.2 Å². The summed E-state index contributed by atoms with van der Waals surface area (Å²) in [7, 11) is 0. The SMILES string of the molecule is C#CC(=O)/C=C/c1ccccc1CC/C=C(\C)CCCI. The largest absolute Gasteiger partial charge is 0.280 e. The summed E-state index contributed by atoms with van der Waals surface area (Å²) in [4.78, 5) is 11.2. The summed E-state index contributed by atoms with van der Waals surface area (Å²) < 4.78 is 1.21. The van der Waals surface area contributed by atoms with Gasteiger partial charge < -0.3 is 0 Å². The van der Waals surface area contributed by atoms with Crippen LogP contribution in [0, 0.1) is 12.3 Å². The van der Waals surface area contributed by atoms with E-state index in [1.807, 2.05) is 24.3 Å². The molecule has 0 heterocycles. The van der Waals surface area contributed by atoms with Crippen molar-refractivity contribution in [2.75, 3.05) is 4.43 Å². The van der Waals surface area contributed by atoms with Crippen LogP contribution < -0.4 is 0 Å². The van der Waals surface area contributed by atoms with Crippen LogP contribution in [0.4, 0.5) is 0 Å². The standard InChI is InChI=1S/C19H21IO/c1-3-19(21)14-13-18-11-5-4-10-17(18)12-6-8-16(2)9-7-15-20/h1,4-5,8,10-11,13-14H,6-7,9,12,15H2,2H3/b14-13+,16-8+. The first-order valence-corrected chi connectivity index (χ1v) is 8.68. The van der Waals surface area contributed by atoms with Gasteiger partial charge in [0.25, 0.3) is 0 Å². The second kappa shape index (κ2) is 10.4. The summed E-state index contributed by atoms with van der Waals surface area (Å²) in [5.74, 6) is 1.80. The Hall–Kier alpha value is -1.34. The molecule has 21 heavy (non-hydrogen) atoms. The fourth-order valence-corrected chi connectivity index (χ4v) is 2.44. The van der Waals surface area contributed by atoms with Crippen LogP contribution in [0.5, 0.6) is 0 Å². The van der Waals surface area contributed by atoms with Gasteiger partial charge in [0.05, 0.1) is 0 Å². The molecule has 2 heteroatoms. The van der Waals surface area contributed by atoms with E-state index in [0.717, 1.165) is 18.4 Å². The summed E-state index contributed by atoms with van der Waals surface area (Å²) in [5, 5.41) is 0. The van der Waals surface area contributed by atoms with E-state index in [1.165, 1.54) is 34.5 Å². The molecule has 0 aromatic heterocycles. The predicted molar refractivity (Wildman–Crippen MR) is 99.5 cm³/mol. The van der Waals surface area contributed by atoms with Crippen LogP contribution in [0.1, 0.15) is 37.3 Å². The Bertz CT molecular complexity index is 561. The summed E-state index contributed by atoms with van der Waals surface area (Å²) in [6.45, 7) is 2.20. The lowest BCUT2D eigenvalue weighted by molar-refractivity contribution is -0.109. The van der Waals surface area contributed by atoms with Gasteiger partial charge >= 0.3 is 0 Å². The van der Waals surface area contributed by atoms with Crippen molar-refractivity contribution in [3.05, 3.63) is 53.1 Å². The molecule has 0 N–H and O–H groups in total. The number of allylic oxidation sites excluding steroid dienone is 3. The zero-order valence-electron chi connectivity index (χ0n) is 12.4. The molecule has 110 valence electrons. The normalized spacial score (nSPS) is 11.6. The van der Waals surface area contributed by atoms with Crippen molar-refractivity contribution < 1.29 is 4.79 Å². The van der Waals surface area contributed by atoms with Crippen molar-refractivity contribution >= 4 is 34.5 Å². The number of carbonyl (C=O) groups excluding carboxylic acids is 1. The van der Waals surface area contributed by atoms with Crippen LogP contribution in [0.2, 0.25) is 0 Å². The molecule has 0 aliphatic carbocycles. The quantitative estimate of drug-likeness (QED) is 0.152. The van der Waals surface area contributed by atoms with E-state index in [-0.39, 0.29) is 5.78 Å². The molecule has 0 aliphatic rings. The van der Waals surface area contributed by atoms with Crippen LogP contribution in [-0.4, -0.2) is 10.2 Å². The second-order valence-corrected chi connectivity index (χ2v) is 6.00. The van der Waals surface area contributed by atoms with Gasteiger partial charge in [-0.15, -0.1) is 6.42 Å². The maximum absolute atomic E-state index is 11.2. The zero-order chi connectivity index (χ0) is 15.5. The molecule has 1 nitrogen and oxygen atoms in total. The van der Waals surface area contributed by atoms with E-state index in [0.29, 0.717) is 0 Å². The molecule has 0 amide bonds. The highest BCUT2D eigenvalue weighted by Gasteiger charge is 1.99. The topological polar surface area (TPSA) is 17.1 Å². The van der Waals surface area contributed by atoms with Gasteiger partial charge in [0.2, 0.25) is 5.78 Å². The number of hydrogen-bond donors (Lipinski definition) is 0. The average molecular weight is 392 g/mol. The number of terminal acetylenes is 1. The van der Waals surface area contributed by atoms with Crippen molar-refractivity contribution in [1.29, 1.82) is 0 Å². The lowest BCUT2D eigenvalue weighted by atomic mass is 10.0. The molecule has 0 atom stereocenters. The summed E-state index contributed by atoms with van der Waals surface area (Å²) in [6.07, 6.45) is 15.1. The van der Waals surface area contributed by atoms with E-state index in [1.54, 1.807) is 0 Å². The Morgan fingerprint density at radius 2 is 2.14 bits per heavy atom. The van der Waals surface area contributed by atoms with E-state index in [4.69, 9.17) is 6.42 Å². The number of carbonyl (C=O) groups is 1. The minimum Gasteiger partial charge on any atom is -0.280 e. The fraction of sp³-hybridized carbons (Fsp3) is 0.316. The van der Waals surface area contributed by atoms with Gasteiger partial charge in [0.1, 0.15) is 0 Å². The fourth-order valence-electron chi connectivity index (χ4n) is 2.06. The van der Waals surface area contributed by atoms with Crippen LogP contribution in [0.3, 0.4) is 0 Å². The zero-order valence-corrected chi connectivity index (χ0v) is 14.6. The van der Waals surface area contributed by atoms with E-state index in [9.17, 15) is 4.79 Å². The molecule has 0 radical (unpaired) electrons. The highest BCUT2D eigenvalue weighted by atomic mass is 127. The highest BCUT2D eigenvalue weighted by Crippen LogP contribution is 2.15. The monoisotopic (exact) mass is 392 g/mol. The lowest BCUT2D eigenvalue weighted by Gasteiger charge is -2.05. The van der Waals surface area contributed by atoms with Gasteiger partial charge in [-0.25, -0.2) is 0 Å². The van der Waals surface area contributed by atoms with Crippen LogP contribution in [0.15, 0.2) is 42.0 Å². The number of halogens is 1. The number of alkyl halides is 1. The number of hydrogen-bond acceptors (Lipinski definition) is 1. The first kappa shape index (κ1) is 17.7. The average Bonchev–Trinajstić information content (AvgIpc) is 2.51. The van der Waals surface area contributed by atoms with Crippen molar-refractivity contribution in [2.24, 2.45) is 0 Å². The number of benzene rings is 1. The van der Waals surface area contributed by atoms with Crippen LogP contribution >= 0.6 is 22.6 Å². The molecule has 0 fully saturated rings. The summed E-state index contributed by atoms with van der Waals surface area (Å²) in [5.41, 5.74) is 3.78. The minimum absolute atomic E-state index is 0.292. The maximum atomic E-state index is 11.2. The smallest absolute Gasteiger partial charge is 0.228 e. The molecule has 1 aromatic rings. The van der Waals surface area contributed by atoms with Gasteiger partial charge in [0, 0.05) is 0 Å². The van der Waals surface area contributed by atoms with Gasteiger partial charge in [-0.2, -0.15) is 0 Å². The van der Waals surface area contributed by atoms with Gasteiger partial charge in [-0.1, -0.05) is 64.6 Å². The molecular weight excluding hydrogens is 371 g/mol. The Labute approximate surface area is 141 Å². The molecule has 0 unspecified atom stereocenters. The number of aryl methyl sites for hydroxylation is 1. The van der Waals surface area contributed by atoms with Crippen molar-refractivity contribution in [3.63, 3.8) is 0 Å². The third-order valence-corrected chi connectivity index (χ3v) is 3.99. The maximum Gasteiger partial charge on any atom is 0.228 e. The first-order valence-electron chi connectivity index (χ1n) is 7.15. The Balaban J connectivity index is 2.65. The first-order chi connectivity index (χ1) is 10.2. The molecule has 0 bridgehead atoms. The van der Waals surface area contributed by atoms with Crippen molar-refractivity contribution in [1.82, 2.24) is 0 Å². The van der Waals surface area contributed by atoms with Crippen molar-refractivity contribution in [2.45, 2.75) is 32.6 Å². The molecule has 0 aliphatic heterocycles. The number of rotatable bonds is 8. The third kappa shape index (κ3) is 7.29. The van der Waals surface area contributed by atoms with Crippen LogP contribution in [0.25, 0.3) is 6.08 Å². The Morgan fingerprint density at radius 1 is 1.38 bits per heavy atom. The Morgan fingerprint density at radius 3 is 2.86 bits per heavy atom. The molecule has 0 saturated carbocycles. The molecular formula is C19H21IO. The van der Waals surface area contributed by atoms with Crippen LogP contribution in [-0.2, 0) is 11.2 Å². The highest BCUT2D eigenvalue weighted by molar-refractivity contribution is 14.1.